The number of nitrogens with zero attached hydrogens (tertiary/aromatic N) is 12. The number of ketones is 3. The summed E-state index contributed by atoms with van der Waals surface area (Å²) >= 11 is 0. The first-order valence-electron chi connectivity index (χ1n) is 45.0. The summed E-state index contributed by atoms with van der Waals surface area (Å²) in [5.74, 6) is -0.0117. The molecule has 6 aliphatic heterocycles. The number of carbonyl (C=O) groups excluding carboxylic acids is 4. The van der Waals surface area contributed by atoms with Crippen molar-refractivity contribution in [2.45, 2.75) is 100 Å². The molecule has 0 amide bonds. The molecule has 20 rings (SSSR count). The molecule has 135 heavy (non-hydrogen) atoms. The van der Waals surface area contributed by atoms with Crippen molar-refractivity contribution in [1.82, 2.24) is 58.1 Å². The van der Waals surface area contributed by atoms with Crippen LogP contribution in [0.15, 0.2) is 311 Å². The number of pyridine rings is 4. The Hall–Kier alpha value is -12.3. The Balaban J connectivity index is 0.000000156. The SMILES string of the molecule is CC(=O)O.COP(=O)(CC(=O)C1CCOCC1)OC.O=C(/C=C/c1ncccc1-c1cn(C(c2ccccc2)(c2ccccc2)c2ccccc2)cn1)C1CCOCC1.O=C(CC1c2ncccc2-c2cncn21)C1CCOCC1.O=Cc1ncccc1-c1cn(C(c2ccccc2)(c2ccccc2)c2ccccc2)cn1.OC(CC1c2ncccc2-c2cncn21)C1CCOCC1.[B].[H-].[Na+]. The third-order valence-corrected chi connectivity index (χ3v) is 27.1. The predicted octanol–water partition coefficient (Wildman–Crippen LogP) is 14.9. The number of carbonyl (C=O) groups is 5. The van der Waals surface area contributed by atoms with Crippen molar-refractivity contribution in [1.29, 1.82) is 0 Å². The molecule has 6 aromatic carbocycles. The van der Waals surface area contributed by atoms with Crippen LogP contribution in [0.3, 0.4) is 0 Å². The second-order valence-electron chi connectivity index (χ2n) is 33.2. The summed E-state index contributed by atoms with van der Waals surface area (Å²) in [6.45, 7) is 6.49. The van der Waals surface area contributed by atoms with E-state index < -0.39 is 24.6 Å². The average Bonchev–Trinajstić information content (AvgIpc) is 0.855. The Kier molecular flexibility index (Phi) is 36.1. The van der Waals surface area contributed by atoms with Crippen LogP contribution in [0.4, 0.5) is 0 Å². The Morgan fingerprint density at radius 2 is 0.800 bits per heavy atom. The predicted molar refractivity (Wildman–Crippen MR) is 513 cm³/mol. The Morgan fingerprint density at radius 1 is 0.459 bits per heavy atom. The Bertz CT molecular complexity index is 6030. The van der Waals surface area contributed by atoms with Gasteiger partial charge < -0.3 is 57.9 Å². The quantitative estimate of drug-likeness (QED) is 0.0176. The molecule has 3 unspecified atom stereocenters. The van der Waals surface area contributed by atoms with E-state index in [1.54, 1.807) is 31.0 Å². The van der Waals surface area contributed by atoms with Gasteiger partial charge in [0.05, 0.1) is 95.7 Å². The van der Waals surface area contributed by atoms with E-state index in [0.29, 0.717) is 94.0 Å². The van der Waals surface area contributed by atoms with E-state index in [9.17, 15) is 28.8 Å². The minimum absolute atomic E-state index is 0. The molecule has 4 saturated heterocycles. The van der Waals surface area contributed by atoms with Crippen LogP contribution in [0.5, 0.6) is 0 Å². The number of benzene rings is 6. The smallest absolute Gasteiger partial charge is 1.00 e. The molecule has 14 aromatic rings. The monoisotopic (exact) mass is 1840 g/mol. The fraction of sp³-hybridized carbons (Fsp3) is 0.292. The number of aliphatic hydroxyl groups is 1. The molecule has 2 N–H and O–H groups in total. The fourth-order valence-electron chi connectivity index (χ4n) is 18.5. The van der Waals surface area contributed by atoms with Crippen molar-refractivity contribution in [3.05, 3.63) is 368 Å². The molecule has 14 heterocycles. The van der Waals surface area contributed by atoms with Crippen molar-refractivity contribution in [2.75, 3.05) is 73.2 Å². The molecule has 29 heteroatoms. The summed E-state index contributed by atoms with van der Waals surface area (Å²) in [5.41, 5.74) is 16.1. The second kappa shape index (κ2) is 48.7. The van der Waals surface area contributed by atoms with Gasteiger partial charge in [-0.25, -0.2) is 19.9 Å². The maximum Gasteiger partial charge on any atom is 1.00 e. The van der Waals surface area contributed by atoms with Gasteiger partial charge in [-0.2, -0.15) is 0 Å². The van der Waals surface area contributed by atoms with Crippen molar-refractivity contribution < 1.29 is 97.7 Å². The van der Waals surface area contributed by atoms with E-state index in [2.05, 4.69) is 212 Å². The van der Waals surface area contributed by atoms with E-state index in [1.165, 1.54) is 14.2 Å². The van der Waals surface area contributed by atoms with Gasteiger partial charge in [-0.05, 0) is 151 Å². The first-order valence-corrected chi connectivity index (χ1v) is 46.7. The maximum atomic E-state index is 12.8. The van der Waals surface area contributed by atoms with Crippen molar-refractivity contribution in [3.63, 3.8) is 0 Å². The van der Waals surface area contributed by atoms with Gasteiger partial charge in [0.1, 0.15) is 34.5 Å². The number of aliphatic carboxylic acids is 1. The Morgan fingerprint density at radius 3 is 1.19 bits per heavy atom. The number of allylic oxidation sites excluding steroid dienone is 1. The molecule has 6 aliphatic rings. The van der Waals surface area contributed by atoms with Crippen LogP contribution in [0.25, 0.3) is 51.1 Å². The molecule has 0 aliphatic carbocycles. The van der Waals surface area contributed by atoms with Crippen LogP contribution >= 0.6 is 7.60 Å². The van der Waals surface area contributed by atoms with Gasteiger partial charge in [0.25, 0.3) is 5.97 Å². The van der Waals surface area contributed by atoms with E-state index in [1.807, 2.05) is 123 Å². The largest absolute Gasteiger partial charge is 1.00 e. The number of aliphatic hydroxyl groups excluding tert-OH is 1. The second-order valence-corrected chi connectivity index (χ2v) is 35.4. The van der Waals surface area contributed by atoms with Crippen molar-refractivity contribution in [3.8, 4) is 45.0 Å². The van der Waals surface area contributed by atoms with Gasteiger partial charge in [0.15, 0.2) is 12.1 Å². The van der Waals surface area contributed by atoms with E-state index in [4.69, 9.17) is 47.9 Å². The number of ether oxygens (including phenoxy) is 4. The van der Waals surface area contributed by atoms with Crippen LogP contribution in [0.2, 0.25) is 0 Å². The number of imidazole rings is 4. The first-order chi connectivity index (χ1) is 65.1. The number of Topliss-reactive ketones (excluding diaryl/α,β-unsaturated/α-hetero) is 2. The Labute approximate surface area is 812 Å². The molecule has 4 fully saturated rings. The van der Waals surface area contributed by atoms with E-state index in [-0.39, 0.29) is 93.1 Å². The fourth-order valence-corrected chi connectivity index (χ4v) is 19.5. The van der Waals surface area contributed by atoms with Gasteiger partial charge >= 0.3 is 37.2 Å². The standard InChI is InChI=1S/C35H31N3O2.C28H21N3O.C16H19N3O2.C16H17N3O2.C9H17O5P.C2H4O2.B.Na.H/c39-34(27-20-23-40-24-21-27)19-18-32-31(17-10-22-36-32)33-25-38(26-37-33)35(28-11-4-1-5-12-28,29-13-6-2-7-14-29)30-15-8-3-9-16-30;32-20-27-25(17-10-18-29-27)26-19-31(21-30-26)28(22-11-4-1-5-12-22,23-13-6-2-7-14-23)24-15-8-3-9-16-24;2*20-15(11-3-6-21-7-4-11)8-13-16-12(2-1-5-18-16)14-9-17-10-19(13)14;1-12-15(11,13-2)7-9(10)8-3-5-14-6-4-8;1-2(3)4;;;/h1-19,22,25-27H,20-21,23-24H2;1-21H;1-2,5,9-11,13,15,20H,3-4,6-8H2;1-2,5,9-11,13H,3-4,6-8H2;8H,3-7H2,1-2H3;1H3,(H,3,4);;;/q;;;;;;;+1;-1/b19-18+;;;;;;;;. The van der Waals surface area contributed by atoms with Crippen LogP contribution < -0.4 is 29.6 Å². The number of aldehydes is 1. The number of hydrogen-bond donors (Lipinski definition) is 2. The molecular formula is C106H110BN12NaO14P. The number of rotatable bonds is 25. The zero-order chi connectivity index (χ0) is 92.4. The molecule has 3 radical (unpaired) electrons. The number of aromatic nitrogens is 12. The molecule has 8 aromatic heterocycles. The van der Waals surface area contributed by atoms with Crippen molar-refractivity contribution >= 4 is 51.7 Å². The van der Waals surface area contributed by atoms with Gasteiger partial charge in [0.2, 0.25) is 0 Å². The van der Waals surface area contributed by atoms with Gasteiger partial charge in [-0.3, -0.25) is 48.5 Å². The maximum absolute atomic E-state index is 12.8. The summed E-state index contributed by atoms with van der Waals surface area (Å²) in [4.78, 5) is 93.6. The van der Waals surface area contributed by atoms with E-state index >= 15 is 0 Å². The third kappa shape index (κ3) is 23.6. The van der Waals surface area contributed by atoms with Crippen LogP contribution in [-0.4, -0.2) is 186 Å². The minimum atomic E-state index is -3.19. The van der Waals surface area contributed by atoms with E-state index in [0.717, 1.165) is 149 Å². The number of carboxylic acids is 1. The average molecular weight is 1840 g/mol. The molecule has 0 spiro atoms. The molecule has 687 valence electrons. The summed E-state index contributed by atoms with van der Waals surface area (Å²) in [6, 6.07) is 78.5. The molecule has 26 nitrogen and oxygen atoms in total. The summed E-state index contributed by atoms with van der Waals surface area (Å²) in [5, 5.41) is 18.0. The molecule has 0 saturated carbocycles. The molecular weight excluding hydrogens is 1730 g/mol. The molecule has 0 bridgehead atoms. The van der Waals surface area contributed by atoms with Crippen LogP contribution in [0, 0.1) is 23.7 Å². The molecule has 3 atom stereocenters. The summed E-state index contributed by atoms with van der Waals surface area (Å²) in [7, 11) is -0.608. The summed E-state index contributed by atoms with van der Waals surface area (Å²) < 4.78 is 51.0. The zero-order valence-electron chi connectivity index (χ0n) is 77.3. The third-order valence-electron chi connectivity index (χ3n) is 25.3. The summed E-state index contributed by atoms with van der Waals surface area (Å²) in [6.07, 6.45) is 33.7. The number of hydrogen-bond acceptors (Lipinski definition) is 21. The van der Waals surface area contributed by atoms with Gasteiger partial charge in [-0.1, -0.05) is 182 Å². The van der Waals surface area contributed by atoms with Crippen molar-refractivity contribution in [2.24, 2.45) is 23.7 Å². The number of carboxylic acid groups (broad SMARTS) is 1. The normalized spacial score (nSPS) is 16.1. The van der Waals surface area contributed by atoms with Gasteiger partial charge in [-0.15, -0.1) is 0 Å². The zero-order valence-corrected chi connectivity index (χ0v) is 79.2. The minimum Gasteiger partial charge on any atom is -1.00 e. The topological polar surface area (TPSA) is 321 Å². The number of fused-ring (bicyclic) bond motifs is 6. The first kappa shape index (κ1) is 100. The van der Waals surface area contributed by atoms with Gasteiger partial charge in [0, 0.05) is 172 Å². The van der Waals surface area contributed by atoms with Crippen LogP contribution in [-0.2, 0) is 62.8 Å². The van der Waals surface area contributed by atoms with Crippen LogP contribution in [0.1, 0.15) is 146 Å².